The minimum absolute atomic E-state index is 1.14. The highest BCUT2D eigenvalue weighted by Gasteiger charge is 2.31. The molecule has 2 saturated heterocycles. The number of thioether (sulfide) groups is 1. The Bertz CT molecular complexity index is 74.5. The highest BCUT2D eigenvalue weighted by molar-refractivity contribution is 7.99. The first-order chi connectivity index (χ1) is 3.97. The van der Waals surface area contributed by atoms with Gasteiger partial charge >= 0.3 is 0 Å². The predicted molar refractivity (Wildman–Crippen MR) is 41.1 cm³/mol. The highest BCUT2D eigenvalue weighted by atomic mass is 32.2. The molecule has 0 aromatic rings. The lowest BCUT2D eigenvalue weighted by atomic mass is 9.76. The monoisotopic (exact) mass is 126 g/mol. The molecule has 0 spiro atoms. The van der Waals surface area contributed by atoms with E-state index in [-0.39, 0.29) is 0 Å². The molecule has 0 radical (unpaired) electrons. The summed E-state index contributed by atoms with van der Waals surface area (Å²) in [6.07, 6.45) is 3.08. The molecule has 2 fully saturated rings. The van der Waals surface area contributed by atoms with Crippen LogP contribution in [0, 0.1) is 11.8 Å². The number of rotatable bonds is 0. The normalized spacial score (nSPS) is 44.0. The summed E-state index contributed by atoms with van der Waals surface area (Å²) in [5.41, 5.74) is 0. The second-order valence-electron chi connectivity index (χ2n) is 2.99. The number of hydrogen-bond acceptors (Lipinski definition) is 1. The van der Waals surface area contributed by atoms with E-state index < -0.39 is 0 Å². The molecule has 0 amide bonds. The van der Waals surface area contributed by atoms with Gasteiger partial charge < -0.3 is 0 Å². The van der Waals surface area contributed by atoms with Crippen molar-refractivity contribution in [2.45, 2.75) is 12.6 Å². The third kappa shape index (κ3) is 0.698. The maximum Gasteiger partial charge on any atom is 0.121 e. The molecule has 0 aromatic carbocycles. The van der Waals surface area contributed by atoms with Crippen LogP contribution in [0.3, 0.4) is 0 Å². The van der Waals surface area contributed by atoms with Crippen LogP contribution in [0.15, 0.2) is 0 Å². The molecule has 1 unspecified atom stereocenters. The summed E-state index contributed by atoms with van der Waals surface area (Å²) in [7, 11) is 1.52. The molecule has 0 N–H and O–H groups in total. The van der Waals surface area contributed by atoms with Crippen LogP contribution in [-0.4, -0.2) is 18.8 Å². The second kappa shape index (κ2) is 1.98. The Kier molecular flexibility index (Phi) is 1.29. The Morgan fingerprint density at radius 3 is 2.38 bits per heavy atom. The molecule has 0 saturated carbocycles. The molecule has 0 aromatic heterocycles. The lowest BCUT2D eigenvalue weighted by Gasteiger charge is -2.04. The zero-order valence-electron chi connectivity index (χ0n) is 5.10. The summed E-state index contributed by atoms with van der Waals surface area (Å²) in [5.74, 6) is 5.23. The lowest BCUT2D eigenvalue weighted by Crippen LogP contribution is -2.00. The first-order valence-electron chi connectivity index (χ1n) is 3.54. The summed E-state index contributed by atoms with van der Waals surface area (Å²) in [6.45, 7) is 0. The Morgan fingerprint density at radius 2 is 1.75 bits per heavy atom. The van der Waals surface area contributed by atoms with Gasteiger partial charge in [0.2, 0.25) is 0 Å². The third-order valence-corrected chi connectivity index (χ3v) is 3.81. The Morgan fingerprint density at radius 1 is 1.12 bits per heavy atom. The predicted octanol–water partition coefficient (Wildman–Crippen LogP) is 1.25. The maximum absolute atomic E-state index is 2.17. The van der Waals surface area contributed by atoms with Crippen molar-refractivity contribution < 1.29 is 0 Å². The van der Waals surface area contributed by atoms with Gasteiger partial charge in [0.1, 0.15) is 7.28 Å². The fourth-order valence-electron chi connectivity index (χ4n) is 1.92. The average Bonchev–Trinajstić information content (AvgIpc) is 2.15. The van der Waals surface area contributed by atoms with Crippen molar-refractivity contribution in [3.8, 4) is 0 Å². The summed E-state index contributed by atoms with van der Waals surface area (Å²) < 4.78 is 0. The molecule has 0 aliphatic carbocycles. The summed E-state index contributed by atoms with van der Waals surface area (Å²) >= 11 is 2.17. The smallest absolute Gasteiger partial charge is 0.121 e. The van der Waals surface area contributed by atoms with Crippen LogP contribution in [0.25, 0.3) is 0 Å². The molecule has 44 valence electrons. The molecule has 2 atom stereocenters. The van der Waals surface area contributed by atoms with Crippen molar-refractivity contribution >= 4 is 19.0 Å². The van der Waals surface area contributed by atoms with Crippen LogP contribution in [0.2, 0.25) is 12.6 Å². The summed E-state index contributed by atoms with van der Waals surface area (Å²) in [6, 6.07) is 0. The first kappa shape index (κ1) is 5.22. The van der Waals surface area contributed by atoms with E-state index in [1.54, 1.807) is 0 Å². The Labute approximate surface area is 55.7 Å². The van der Waals surface area contributed by atoms with Crippen LogP contribution < -0.4 is 0 Å². The number of hydrogen-bond donors (Lipinski definition) is 0. The van der Waals surface area contributed by atoms with E-state index in [4.69, 9.17) is 0 Å². The molecular formula is C6H11BS. The van der Waals surface area contributed by atoms with Crippen LogP contribution in [0.1, 0.15) is 0 Å². The topological polar surface area (TPSA) is 0 Å². The molecule has 2 aliphatic heterocycles. The van der Waals surface area contributed by atoms with Crippen molar-refractivity contribution in [1.29, 1.82) is 0 Å². The SMILES string of the molecule is B1CC2CSC[C@H]2C1. The largest absolute Gasteiger partial charge is 0.161 e. The van der Waals surface area contributed by atoms with Gasteiger partial charge in [0, 0.05) is 0 Å². The van der Waals surface area contributed by atoms with Gasteiger partial charge in [0.25, 0.3) is 0 Å². The van der Waals surface area contributed by atoms with Crippen LogP contribution in [-0.2, 0) is 0 Å². The van der Waals surface area contributed by atoms with Crippen molar-refractivity contribution in [1.82, 2.24) is 0 Å². The average molecular weight is 126 g/mol. The maximum atomic E-state index is 2.17. The summed E-state index contributed by atoms with van der Waals surface area (Å²) in [4.78, 5) is 0. The molecule has 2 heterocycles. The summed E-state index contributed by atoms with van der Waals surface area (Å²) in [5, 5.41) is 0. The van der Waals surface area contributed by atoms with Gasteiger partial charge in [-0.1, -0.05) is 12.6 Å². The molecular weight excluding hydrogens is 115 g/mol. The number of fused-ring (bicyclic) bond motifs is 1. The lowest BCUT2D eigenvalue weighted by molar-refractivity contribution is 0.525. The fourth-order valence-corrected chi connectivity index (χ4v) is 3.54. The van der Waals surface area contributed by atoms with Gasteiger partial charge in [-0.25, -0.2) is 0 Å². The van der Waals surface area contributed by atoms with E-state index >= 15 is 0 Å². The van der Waals surface area contributed by atoms with E-state index in [1.807, 2.05) is 0 Å². The van der Waals surface area contributed by atoms with Crippen LogP contribution in [0.5, 0.6) is 0 Å². The minimum atomic E-state index is 1.14. The highest BCUT2D eigenvalue weighted by Crippen LogP contribution is 2.39. The first-order valence-corrected chi connectivity index (χ1v) is 4.70. The van der Waals surface area contributed by atoms with Gasteiger partial charge in [0.15, 0.2) is 0 Å². The van der Waals surface area contributed by atoms with E-state index in [2.05, 4.69) is 11.8 Å². The van der Waals surface area contributed by atoms with Gasteiger partial charge in [-0.2, -0.15) is 11.8 Å². The zero-order valence-corrected chi connectivity index (χ0v) is 5.91. The molecule has 0 bridgehead atoms. The van der Waals surface area contributed by atoms with Crippen molar-refractivity contribution in [3.63, 3.8) is 0 Å². The second-order valence-corrected chi connectivity index (χ2v) is 4.06. The van der Waals surface area contributed by atoms with Crippen molar-refractivity contribution in [2.24, 2.45) is 11.8 Å². The van der Waals surface area contributed by atoms with Gasteiger partial charge in [-0.05, 0) is 23.3 Å². The van der Waals surface area contributed by atoms with Gasteiger partial charge in [0.05, 0.1) is 0 Å². The van der Waals surface area contributed by atoms with Crippen LogP contribution >= 0.6 is 11.8 Å². The molecule has 0 nitrogen and oxygen atoms in total. The minimum Gasteiger partial charge on any atom is -0.161 e. The Hall–Kier alpha value is 0.415. The molecule has 2 aliphatic rings. The van der Waals surface area contributed by atoms with E-state index in [0.717, 1.165) is 11.8 Å². The Balaban J connectivity index is 2.04. The van der Waals surface area contributed by atoms with E-state index in [1.165, 1.54) is 31.4 Å². The quantitative estimate of drug-likeness (QED) is 0.440. The van der Waals surface area contributed by atoms with E-state index in [9.17, 15) is 0 Å². The standard InChI is InChI=1S/C6H11BS/c1-5-3-8-4-6(5)2-7-1/h5-7H,1-4H2/t5-,6?/m1/s1. The van der Waals surface area contributed by atoms with Gasteiger partial charge in [-0.3, -0.25) is 0 Å². The zero-order chi connectivity index (χ0) is 5.40. The molecule has 2 rings (SSSR count). The van der Waals surface area contributed by atoms with Gasteiger partial charge in [-0.15, -0.1) is 0 Å². The van der Waals surface area contributed by atoms with E-state index in [0.29, 0.717) is 0 Å². The van der Waals surface area contributed by atoms with Crippen molar-refractivity contribution in [2.75, 3.05) is 11.5 Å². The fraction of sp³-hybridized carbons (Fsp3) is 1.00. The molecule has 2 heteroatoms. The van der Waals surface area contributed by atoms with Crippen LogP contribution in [0.4, 0.5) is 0 Å². The third-order valence-electron chi connectivity index (χ3n) is 2.48. The van der Waals surface area contributed by atoms with Crippen molar-refractivity contribution in [3.05, 3.63) is 0 Å². The molecule has 8 heavy (non-hydrogen) atoms.